The Balaban J connectivity index is 1.95. The number of nitrogens with one attached hydrogen (secondary N) is 1. The molecule has 8 nitrogen and oxygen atoms in total. The van der Waals surface area contributed by atoms with E-state index in [-0.39, 0.29) is 23.6 Å². The van der Waals surface area contributed by atoms with Gasteiger partial charge in [-0.05, 0) is 32.9 Å². The van der Waals surface area contributed by atoms with E-state index in [9.17, 15) is 9.59 Å². The van der Waals surface area contributed by atoms with Crippen LogP contribution in [0.3, 0.4) is 0 Å². The Kier molecular flexibility index (Phi) is 4.50. The SMILES string of the molecule is CN(CC(=O)OC(C)(C)C)c1nc2c(ncn2-c2ccccc2)c(=O)[nH]1. The molecule has 136 valence electrons. The predicted octanol–water partition coefficient (Wildman–Crippen LogP) is 1.89. The number of fused-ring (bicyclic) bond motifs is 1. The molecule has 1 aromatic carbocycles. The normalized spacial score (nSPS) is 11.5. The molecule has 0 radical (unpaired) electrons. The molecule has 2 heterocycles. The van der Waals surface area contributed by atoms with Gasteiger partial charge in [0.1, 0.15) is 18.5 Å². The summed E-state index contributed by atoms with van der Waals surface area (Å²) < 4.78 is 7.04. The Morgan fingerprint density at radius 3 is 2.62 bits per heavy atom. The van der Waals surface area contributed by atoms with Crippen LogP contribution in [-0.2, 0) is 9.53 Å². The summed E-state index contributed by atoms with van der Waals surface area (Å²) in [6.07, 6.45) is 1.56. The second kappa shape index (κ2) is 6.62. The summed E-state index contributed by atoms with van der Waals surface area (Å²) in [5, 5.41) is 0. The maximum atomic E-state index is 12.3. The van der Waals surface area contributed by atoms with E-state index in [1.807, 2.05) is 30.3 Å². The lowest BCUT2D eigenvalue weighted by atomic mass is 10.2. The number of anilines is 1. The molecule has 0 amide bonds. The molecule has 3 rings (SSSR count). The minimum Gasteiger partial charge on any atom is -0.459 e. The van der Waals surface area contributed by atoms with Crippen molar-refractivity contribution in [3.63, 3.8) is 0 Å². The highest BCUT2D eigenvalue weighted by atomic mass is 16.6. The molecule has 0 unspecified atom stereocenters. The first-order valence-electron chi connectivity index (χ1n) is 8.20. The number of esters is 1. The van der Waals surface area contributed by atoms with Gasteiger partial charge in [-0.2, -0.15) is 4.98 Å². The van der Waals surface area contributed by atoms with Gasteiger partial charge in [0, 0.05) is 12.7 Å². The summed E-state index contributed by atoms with van der Waals surface area (Å²) >= 11 is 0. The first-order valence-corrected chi connectivity index (χ1v) is 8.20. The summed E-state index contributed by atoms with van der Waals surface area (Å²) in [5.74, 6) is -0.134. The van der Waals surface area contributed by atoms with Crippen molar-refractivity contribution in [1.82, 2.24) is 19.5 Å². The third-order valence-electron chi connectivity index (χ3n) is 3.58. The number of imidazole rings is 1. The summed E-state index contributed by atoms with van der Waals surface area (Å²) in [6, 6.07) is 9.48. The lowest BCUT2D eigenvalue weighted by molar-refractivity contribution is -0.152. The molecule has 2 aromatic heterocycles. The second-order valence-corrected chi connectivity index (χ2v) is 6.95. The third-order valence-corrected chi connectivity index (χ3v) is 3.58. The highest BCUT2D eigenvalue weighted by molar-refractivity contribution is 5.77. The Labute approximate surface area is 150 Å². The van der Waals surface area contributed by atoms with Crippen LogP contribution in [0.2, 0.25) is 0 Å². The molecule has 0 bridgehead atoms. The Morgan fingerprint density at radius 2 is 1.96 bits per heavy atom. The van der Waals surface area contributed by atoms with E-state index in [1.54, 1.807) is 38.7 Å². The van der Waals surface area contributed by atoms with Crippen molar-refractivity contribution in [2.75, 3.05) is 18.5 Å². The van der Waals surface area contributed by atoms with Crippen LogP contribution in [0.5, 0.6) is 0 Å². The van der Waals surface area contributed by atoms with Crippen molar-refractivity contribution in [2.45, 2.75) is 26.4 Å². The van der Waals surface area contributed by atoms with E-state index in [2.05, 4.69) is 15.0 Å². The van der Waals surface area contributed by atoms with Crippen molar-refractivity contribution < 1.29 is 9.53 Å². The van der Waals surface area contributed by atoms with Gasteiger partial charge in [-0.3, -0.25) is 19.1 Å². The van der Waals surface area contributed by atoms with Crippen molar-refractivity contribution >= 4 is 23.1 Å². The van der Waals surface area contributed by atoms with Gasteiger partial charge >= 0.3 is 5.97 Å². The molecule has 3 aromatic rings. The molecular weight excluding hydrogens is 334 g/mol. The lowest BCUT2D eigenvalue weighted by Crippen LogP contribution is -2.34. The average Bonchev–Trinajstić information content (AvgIpc) is 2.98. The fourth-order valence-corrected chi connectivity index (χ4v) is 2.50. The minimum absolute atomic E-state index is 0.0365. The number of likely N-dealkylation sites (N-methyl/N-ethyl adjacent to an activating group) is 1. The van der Waals surface area contributed by atoms with Crippen LogP contribution >= 0.6 is 0 Å². The zero-order valence-corrected chi connectivity index (χ0v) is 15.2. The largest absolute Gasteiger partial charge is 0.459 e. The number of carbonyl (C=O) groups excluding carboxylic acids is 1. The second-order valence-electron chi connectivity index (χ2n) is 6.95. The number of carbonyl (C=O) groups is 1. The number of benzene rings is 1. The number of rotatable bonds is 4. The van der Waals surface area contributed by atoms with Crippen LogP contribution in [-0.4, -0.2) is 44.7 Å². The minimum atomic E-state index is -0.575. The number of aromatic amines is 1. The van der Waals surface area contributed by atoms with E-state index < -0.39 is 11.6 Å². The third kappa shape index (κ3) is 3.74. The van der Waals surface area contributed by atoms with Crippen molar-refractivity contribution in [2.24, 2.45) is 0 Å². The molecule has 0 aliphatic carbocycles. The van der Waals surface area contributed by atoms with Crippen LogP contribution in [0.15, 0.2) is 41.5 Å². The van der Waals surface area contributed by atoms with Gasteiger partial charge in [0.15, 0.2) is 11.2 Å². The first-order chi connectivity index (χ1) is 12.2. The molecule has 0 spiro atoms. The van der Waals surface area contributed by atoms with Crippen LogP contribution in [0.1, 0.15) is 20.8 Å². The first kappa shape index (κ1) is 17.7. The van der Waals surface area contributed by atoms with Crippen LogP contribution in [0.4, 0.5) is 5.95 Å². The molecule has 1 N–H and O–H groups in total. The Hall–Kier alpha value is -3.16. The van der Waals surface area contributed by atoms with Gasteiger partial charge in [-0.15, -0.1) is 0 Å². The summed E-state index contributed by atoms with van der Waals surface area (Å²) in [4.78, 5) is 37.2. The highest BCUT2D eigenvalue weighted by Gasteiger charge is 2.20. The molecule has 0 fully saturated rings. The summed E-state index contributed by atoms with van der Waals surface area (Å²) in [5.41, 5.74) is 0.563. The zero-order chi connectivity index (χ0) is 18.9. The quantitative estimate of drug-likeness (QED) is 0.719. The number of H-pyrrole nitrogens is 1. The Morgan fingerprint density at radius 1 is 1.27 bits per heavy atom. The molecule has 0 atom stereocenters. The van der Waals surface area contributed by atoms with Crippen molar-refractivity contribution in [3.8, 4) is 5.69 Å². The monoisotopic (exact) mass is 355 g/mol. The van der Waals surface area contributed by atoms with E-state index >= 15 is 0 Å². The fourth-order valence-electron chi connectivity index (χ4n) is 2.50. The smallest absolute Gasteiger partial charge is 0.326 e. The molecule has 8 heteroatoms. The van der Waals surface area contributed by atoms with Crippen LogP contribution < -0.4 is 10.5 Å². The number of para-hydroxylation sites is 1. The molecule has 0 aliphatic heterocycles. The number of ether oxygens (including phenoxy) is 1. The highest BCUT2D eigenvalue weighted by Crippen LogP contribution is 2.16. The average molecular weight is 355 g/mol. The fraction of sp³-hybridized carbons (Fsp3) is 0.333. The van der Waals surface area contributed by atoms with E-state index in [1.165, 1.54) is 4.90 Å². The molecule has 0 saturated carbocycles. The summed E-state index contributed by atoms with van der Waals surface area (Å²) in [7, 11) is 1.66. The van der Waals surface area contributed by atoms with Gasteiger partial charge in [0.2, 0.25) is 5.95 Å². The summed E-state index contributed by atoms with van der Waals surface area (Å²) in [6.45, 7) is 5.37. The van der Waals surface area contributed by atoms with Gasteiger partial charge in [-0.25, -0.2) is 4.98 Å². The zero-order valence-electron chi connectivity index (χ0n) is 15.2. The number of aromatic nitrogens is 4. The topological polar surface area (TPSA) is 93.1 Å². The molecular formula is C18H21N5O3. The Bertz CT molecular complexity index is 985. The number of nitrogens with zero attached hydrogens (tertiary/aromatic N) is 4. The van der Waals surface area contributed by atoms with E-state index in [0.29, 0.717) is 5.65 Å². The van der Waals surface area contributed by atoms with Crippen molar-refractivity contribution in [3.05, 3.63) is 47.0 Å². The molecule has 0 saturated heterocycles. The van der Waals surface area contributed by atoms with Gasteiger partial charge in [0.05, 0.1) is 0 Å². The number of hydrogen-bond donors (Lipinski definition) is 1. The molecule has 26 heavy (non-hydrogen) atoms. The van der Waals surface area contributed by atoms with Gasteiger partial charge in [0.25, 0.3) is 5.56 Å². The maximum Gasteiger partial charge on any atom is 0.326 e. The van der Waals surface area contributed by atoms with Gasteiger partial charge < -0.3 is 9.64 Å². The lowest BCUT2D eigenvalue weighted by Gasteiger charge is -2.22. The standard InChI is InChI=1S/C18H21N5O3/c1-18(2,3)26-13(24)10-22(4)17-20-15-14(16(25)21-17)19-11-23(15)12-8-6-5-7-9-12/h5-9,11H,10H2,1-4H3,(H,20,21,25). The molecule has 0 aliphatic rings. The predicted molar refractivity (Wildman–Crippen MR) is 98.6 cm³/mol. The van der Waals surface area contributed by atoms with Crippen LogP contribution in [0.25, 0.3) is 16.9 Å². The van der Waals surface area contributed by atoms with E-state index in [0.717, 1.165) is 5.69 Å². The number of hydrogen-bond acceptors (Lipinski definition) is 6. The van der Waals surface area contributed by atoms with Gasteiger partial charge in [-0.1, -0.05) is 18.2 Å². The van der Waals surface area contributed by atoms with E-state index in [4.69, 9.17) is 4.74 Å². The maximum absolute atomic E-state index is 12.3. The van der Waals surface area contributed by atoms with Crippen LogP contribution in [0, 0.1) is 0 Å². The van der Waals surface area contributed by atoms with Crippen molar-refractivity contribution in [1.29, 1.82) is 0 Å².